The maximum Gasteiger partial charge on any atom is 0.203 e. The molecule has 0 bridgehead atoms. The fourth-order valence-electron chi connectivity index (χ4n) is 1.88. The molecule has 1 aromatic rings. The van der Waals surface area contributed by atoms with E-state index in [0.29, 0.717) is 23.9 Å². The zero-order valence-corrected chi connectivity index (χ0v) is 13.2. The number of hydrogen-bond donors (Lipinski definition) is 0. The van der Waals surface area contributed by atoms with Crippen molar-refractivity contribution in [3.8, 4) is 23.0 Å². The molecule has 1 aromatic carbocycles. The van der Waals surface area contributed by atoms with Gasteiger partial charge < -0.3 is 18.9 Å². The van der Waals surface area contributed by atoms with Crippen molar-refractivity contribution in [2.45, 2.75) is 25.7 Å². The maximum atomic E-state index is 5.72. The summed E-state index contributed by atoms with van der Waals surface area (Å²) >= 11 is 5.63. The molecule has 0 amide bonds. The highest BCUT2D eigenvalue weighted by atomic mass is 35.5. The van der Waals surface area contributed by atoms with Crippen LogP contribution in [-0.4, -0.2) is 33.8 Å². The van der Waals surface area contributed by atoms with Gasteiger partial charge in [-0.15, -0.1) is 11.6 Å². The molecule has 0 unspecified atom stereocenters. The lowest BCUT2D eigenvalue weighted by atomic mass is 10.2. The van der Waals surface area contributed by atoms with Gasteiger partial charge in [0.15, 0.2) is 11.5 Å². The van der Waals surface area contributed by atoms with Crippen LogP contribution in [0.1, 0.15) is 25.7 Å². The summed E-state index contributed by atoms with van der Waals surface area (Å²) in [6.07, 6.45) is 4.33. The van der Waals surface area contributed by atoms with Crippen molar-refractivity contribution in [2.75, 3.05) is 33.8 Å². The number of ether oxygens (including phenoxy) is 4. The molecule has 0 N–H and O–H groups in total. The van der Waals surface area contributed by atoms with E-state index < -0.39 is 0 Å². The number of rotatable bonds is 10. The van der Waals surface area contributed by atoms with Crippen LogP contribution < -0.4 is 18.9 Å². The van der Waals surface area contributed by atoms with Crippen LogP contribution in [0, 0.1) is 0 Å². The van der Waals surface area contributed by atoms with E-state index in [0.717, 1.165) is 37.3 Å². The lowest BCUT2D eigenvalue weighted by Crippen LogP contribution is -2.00. The Morgan fingerprint density at radius 2 is 1.45 bits per heavy atom. The van der Waals surface area contributed by atoms with Gasteiger partial charge in [0, 0.05) is 18.0 Å². The molecule has 0 aliphatic rings. The van der Waals surface area contributed by atoms with E-state index in [-0.39, 0.29) is 0 Å². The molecule has 1 rings (SSSR count). The minimum absolute atomic E-state index is 0.574. The summed E-state index contributed by atoms with van der Waals surface area (Å²) in [6, 6.07) is 3.61. The first kappa shape index (κ1) is 16.8. The van der Waals surface area contributed by atoms with Gasteiger partial charge in [0.1, 0.15) is 5.75 Å². The predicted molar refractivity (Wildman–Crippen MR) is 80.8 cm³/mol. The number of methoxy groups -OCH3 is 3. The summed E-state index contributed by atoms with van der Waals surface area (Å²) in [7, 11) is 4.76. The Hall–Kier alpha value is -1.29. The molecule has 0 aliphatic heterocycles. The van der Waals surface area contributed by atoms with Crippen LogP contribution >= 0.6 is 11.6 Å². The van der Waals surface area contributed by atoms with Crippen LogP contribution in [0.3, 0.4) is 0 Å². The summed E-state index contributed by atoms with van der Waals surface area (Å²) in [4.78, 5) is 0. The normalized spacial score (nSPS) is 10.2. The van der Waals surface area contributed by atoms with Crippen molar-refractivity contribution in [3.63, 3.8) is 0 Å². The largest absolute Gasteiger partial charge is 0.493 e. The lowest BCUT2D eigenvalue weighted by Gasteiger charge is -2.14. The topological polar surface area (TPSA) is 36.9 Å². The van der Waals surface area contributed by atoms with Gasteiger partial charge in [-0.2, -0.15) is 0 Å². The third-order valence-electron chi connectivity index (χ3n) is 2.93. The SMILES string of the molecule is COc1cc(OCCCCCCCl)cc(OC)c1OC. The van der Waals surface area contributed by atoms with Gasteiger partial charge in [0.05, 0.1) is 27.9 Å². The molecule has 5 heteroatoms. The molecule has 0 saturated carbocycles. The monoisotopic (exact) mass is 302 g/mol. The van der Waals surface area contributed by atoms with Crippen LogP contribution in [0.4, 0.5) is 0 Å². The number of benzene rings is 1. The fraction of sp³-hybridized carbons (Fsp3) is 0.600. The third kappa shape index (κ3) is 5.00. The van der Waals surface area contributed by atoms with Crippen molar-refractivity contribution in [3.05, 3.63) is 12.1 Å². The second-order valence-corrected chi connectivity index (χ2v) is 4.69. The van der Waals surface area contributed by atoms with E-state index in [4.69, 9.17) is 30.5 Å². The van der Waals surface area contributed by atoms with Gasteiger partial charge >= 0.3 is 0 Å². The Morgan fingerprint density at radius 3 is 1.95 bits per heavy atom. The lowest BCUT2D eigenvalue weighted by molar-refractivity contribution is 0.291. The minimum atomic E-state index is 0.574. The number of hydrogen-bond acceptors (Lipinski definition) is 4. The number of unbranched alkanes of at least 4 members (excludes halogenated alkanes) is 3. The van der Waals surface area contributed by atoms with E-state index >= 15 is 0 Å². The van der Waals surface area contributed by atoms with Gasteiger partial charge in [-0.1, -0.05) is 12.8 Å². The first-order valence-electron chi connectivity index (χ1n) is 6.75. The second-order valence-electron chi connectivity index (χ2n) is 4.31. The first-order valence-corrected chi connectivity index (χ1v) is 7.29. The number of alkyl halides is 1. The molecule has 0 radical (unpaired) electrons. The molecule has 114 valence electrons. The van der Waals surface area contributed by atoms with Crippen LogP contribution in [-0.2, 0) is 0 Å². The zero-order valence-electron chi connectivity index (χ0n) is 12.4. The van der Waals surface area contributed by atoms with Crippen molar-refractivity contribution in [1.82, 2.24) is 0 Å². The molecule has 0 atom stereocenters. The Bertz CT molecular complexity index is 370. The summed E-state index contributed by atoms with van der Waals surface area (Å²) < 4.78 is 21.5. The van der Waals surface area contributed by atoms with Crippen molar-refractivity contribution < 1.29 is 18.9 Å². The van der Waals surface area contributed by atoms with E-state index in [1.54, 1.807) is 33.5 Å². The second kappa shape index (κ2) is 9.59. The van der Waals surface area contributed by atoms with Crippen molar-refractivity contribution in [2.24, 2.45) is 0 Å². The molecular formula is C15H23ClO4. The van der Waals surface area contributed by atoms with E-state index in [1.165, 1.54) is 0 Å². The summed E-state index contributed by atoms with van der Waals surface area (Å²) in [6.45, 7) is 0.668. The highest BCUT2D eigenvalue weighted by Gasteiger charge is 2.13. The van der Waals surface area contributed by atoms with E-state index in [1.807, 2.05) is 0 Å². The van der Waals surface area contributed by atoms with Gasteiger partial charge in [0.25, 0.3) is 0 Å². The smallest absolute Gasteiger partial charge is 0.203 e. The predicted octanol–water partition coefficient (Wildman–Crippen LogP) is 3.89. The van der Waals surface area contributed by atoms with E-state index in [9.17, 15) is 0 Å². The molecule has 0 aromatic heterocycles. The van der Waals surface area contributed by atoms with Crippen LogP contribution in [0.5, 0.6) is 23.0 Å². The minimum Gasteiger partial charge on any atom is -0.493 e. The van der Waals surface area contributed by atoms with Crippen molar-refractivity contribution >= 4 is 11.6 Å². The summed E-state index contributed by atoms with van der Waals surface area (Å²) in [5.41, 5.74) is 0. The molecule has 20 heavy (non-hydrogen) atoms. The zero-order chi connectivity index (χ0) is 14.8. The van der Waals surface area contributed by atoms with Gasteiger partial charge in [-0.25, -0.2) is 0 Å². The Balaban J connectivity index is 2.57. The Morgan fingerprint density at radius 1 is 0.850 bits per heavy atom. The van der Waals surface area contributed by atoms with Gasteiger partial charge in [-0.3, -0.25) is 0 Å². The summed E-state index contributed by atoms with van der Waals surface area (Å²) in [5, 5.41) is 0. The molecule has 4 nitrogen and oxygen atoms in total. The van der Waals surface area contributed by atoms with Crippen LogP contribution in [0.25, 0.3) is 0 Å². The molecule has 0 heterocycles. The summed E-state index contributed by atoms with van der Waals surface area (Å²) in [5.74, 6) is 3.22. The Kier molecular flexibility index (Phi) is 8.04. The standard InChI is InChI=1S/C15H23ClO4/c1-17-13-10-12(11-14(18-2)15(13)19-3)20-9-7-5-4-6-8-16/h10-11H,4-9H2,1-3H3. The highest BCUT2D eigenvalue weighted by Crippen LogP contribution is 2.40. The third-order valence-corrected chi connectivity index (χ3v) is 3.20. The van der Waals surface area contributed by atoms with Gasteiger partial charge in [-0.05, 0) is 12.8 Å². The number of halogens is 1. The average Bonchev–Trinajstić information content (AvgIpc) is 2.49. The average molecular weight is 303 g/mol. The first-order chi connectivity index (χ1) is 9.76. The molecular weight excluding hydrogens is 280 g/mol. The highest BCUT2D eigenvalue weighted by molar-refractivity contribution is 6.17. The fourth-order valence-corrected chi connectivity index (χ4v) is 2.07. The molecule has 0 fully saturated rings. The quantitative estimate of drug-likeness (QED) is 0.485. The van der Waals surface area contributed by atoms with Crippen LogP contribution in [0.15, 0.2) is 12.1 Å². The van der Waals surface area contributed by atoms with Crippen LogP contribution in [0.2, 0.25) is 0 Å². The molecule has 0 spiro atoms. The molecule has 0 aliphatic carbocycles. The van der Waals surface area contributed by atoms with Gasteiger partial charge in [0.2, 0.25) is 5.75 Å². The van der Waals surface area contributed by atoms with E-state index in [2.05, 4.69) is 0 Å². The van der Waals surface area contributed by atoms with Crippen molar-refractivity contribution in [1.29, 1.82) is 0 Å². The Labute approximate surface area is 125 Å². The maximum absolute atomic E-state index is 5.72. The molecule has 0 saturated heterocycles.